The molecule has 2 N–H and O–H groups in total. The van der Waals surface area contributed by atoms with Gasteiger partial charge in [0.05, 0.1) is 9.88 Å². The minimum Gasteiger partial charge on any atom is -0.373 e. The number of nitrogens with zero attached hydrogens (tertiary/aromatic N) is 1. The van der Waals surface area contributed by atoms with E-state index in [0.717, 1.165) is 30.1 Å². The second kappa shape index (κ2) is 7.49. The molecule has 0 unspecified atom stereocenters. The van der Waals surface area contributed by atoms with Crippen molar-refractivity contribution in [3.05, 3.63) is 47.3 Å². The maximum atomic E-state index is 12.2. The quantitative estimate of drug-likeness (QED) is 0.812. The highest BCUT2D eigenvalue weighted by molar-refractivity contribution is 7.18. The van der Waals surface area contributed by atoms with E-state index in [4.69, 9.17) is 0 Å². The van der Waals surface area contributed by atoms with Crippen LogP contribution in [0.4, 0.5) is 10.7 Å². The van der Waals surface area contributed by atoms with Crippen molar-refractivity contribution in [2.45, 2.75) is 12.8 Å². The van der Waals surface area contributed by atoms with Gasteiger partial charge in [-0.25, -0.2) is 0 Å². The average Bonchev–Trinajstić information content (AvgIpc) is 3.35. The van der Waals surface area contributed by atoms with Crippen LogP contribution in [0.15, 0.2) is 42.5 Å². The first kappa shape index (κ1) is 16.5. The van der Waals surface area contributed by atoms with Crippen LogP contribution in [0.1, 0.15) is 22.5 Å². The Morgan fingerprint density at radius 1 is 1.17 bits per heavy atom. The smallest absolute Gasteiger partial charge is 0.261 e. The summed E-state index contributed by atoms with van der Waals surface area (Å²) in [5, 5.41) is 6.52. The molecule has 1 saturated carbocycles. The second-order valence-electron chi connectivity index (χ2n) is 5.94. The number of hydrogen-bond donors (Lipinski definition) is 2. The zero-order chi connectivity index (χ0) is 16.9. The minimum absolute atomic E-state index is 0.0632. The average molecular weight is 343 g/mol. The summed E-state index contributed by atoms with van der Waals surface area (Å²) in [5.41, 5.74) is 1.12. The topological polar surface area (TPSA) is 61.4 Å². The highest BCUT2D eigenvalue weighted by Crippen LogP contribution is 2.31. The number of thiophene rings is 1. The van der Waals surface area contributed by atoms with Crippen LogP contribution in [0, 0.1) is 5.92 Å². The molecule has 1 aromatic heterocycles. The molecular weight excluding hydrogens is 322 g/mol. The van der Waals surface area contributed by atoms with Crippen molar-refractivity contribution < 1.29 is 9.59 Å². The Bertz CT molecular complexity index is 710. The number of benzene rings is 1. The summed E-state index contributed by atoms with van der Waals surface area (Å²) in [5.74, 6) is 0.125. The number of likely N-dealkylation sites (N-methyl/N-ethyl adjacent to an activating group) is 1. The van der Waals surface area contributed by atoms with E-state index in [9.17, 15) is 9.59 Å². The number of hydrogen-bond acceptors (Lipinski definition) is 4. The Balaban J connectivity index is 1.45. The first-order valence-corrected chi connectivity index (χ1v) is 8.90. The molecule has 6 heteroatoms. The van der Waals surface area contributed by atoms with Crippen LogP contribution in [0.3, 0.4) is 0 Å². The summed E-state index contributed by atoms with van der Waals surface area (Å²) in [7, 11) is 2.00. The molecule has 24 heavy (non-hydrogen) atoms. The monoisotopic (exact) mass is 343 g/mol. The molecule has 1 fully saturated rings. The summed E-state index contributed by atoms with van der Waals surface area (Å²) in [6, 6.07) is 13.6. The summed E-state index contributed by atoms with van der Waals surface area (Å²) < 4.78 is 0. The molecule has 126 valence electrons. The molecule has 1 heterocycles. The summed E-state index contributed by atoms with van der Waals surface area (Å²) in [6.45, 7) is 1.29. The van der Waals surface area contributed by atoms with Crippen molar-refractivity contribution >= 4 is 33.8 Å². The van der Waals surface area contributed by atoms with Gasteiger partial charge in [-0.3, -0.25) is 9.59 Å². The Hall–Kier alpha value is -2.34. The molecule has 3 rings (SSSR count). The summed E-state index contributed by atoms with van der Waals surface area (Å²) in [6.07, 6.45) is 1.94. The Labute approximate surface area is 145 Å². The van der Waals surface area contributed by atoms with E-state index in [1.54, 1.807) is 12.1 Å². The van der Waals surface area contributed by atoms with Crippen LogP contribution in [-0.2, 0) is 4.79 Å². The Kier molecular flexibility index (Phi) is 5.15. The van der Waals surface area contributed by atoms with Gasteiger partial charge < -0.3 is 15.5 Å². The SMILES string of the molecule is CN(CCNC(=O)c1ccc(NC(=O)C2CC2)s1)c1ccccc1. The van der Waals surface area contributed by atoms with Gasteiger partial charge in [0.2, 0.25) is 5.91 Å². The molecule has 5 nitrogen and oxygen atoms in total. The van der Waals surface area contributed by atoms with E-state index in [2.05, 4.69) is 15.5 Å². The summed E-state index contributed by atoms with van der Waals surface area (Å²) in [4.78, 5) is 26.6. The highest BCUT2D eigenvalue weighted by atomic mass is 32.1. The van der Waals surface area contributed by atoms with Crippen LogP contribution >= 0.6 is 11.3 Å². The van der Waals surface area contributed by atoms with Gasteiger partial charge in [0.25, 0.3) is 5.91 Å². The fourth-order valence-corrected chi connectivity index (χ4v) is 3.16. The van der Waals surface area contributed by atoms with Gasteiger partial charge in [0, 0.05) is 31.7 Å². The van der Waals surface area contributed by atoms with Crippen molar-refractivity contribution in [3.8, 4) is 0 Å². The standard InChI is InChI=1S/C18H21N3O2S/c1-21(14-5-3-2-4-6-14)12-11-19-18(23)15-9-10-16(24-15)20-17(22)13-7-8-13/h2-6,9-10,13H,7-8,11-12H2,1H3,(H,19,23)(H,20,22). The van der Waals surface area contributed by atoms with Gasteiger partial charge in [-0.05, 0) is 37.1 Å². The Morgan fingerprint density at radius 2 is 1.92 bits per heavy atom. The molecule has 1 aliphatic rings. The predicted octanol–water partition coefficient (Wildman–Crippen LogP) is 2.96. The number of amides is 2. The third kappa shape index (κ3) is 4.35. The summed E-state index contributed by atoms with van der Waals surface area (Å²) >= 11 is 1.31. The van der Waals surface area contributed by atoms with Crippen molar-refractivity contribution in [3.63, 3.8) is 0 Å². The fraction of sp³-hybridized carbons (Fsp3) is 0.333. The Morgan fingerprint density at radius 3 is 2.62 bits per heavy atom. The maximum Gasteiger partial charge on any atom is 0.261 e. The number of rotatable bonds is 7. The van der Waals surface area contributed by atoms with Crippen LogP contribution in [0.5, 0.6) is 0 Å². The number of para-hydroxylation sites is 1. The van der Waals surface area contributed by atoms with Crippen LogP contribution in [0.25, 0.3) is 0 Å². The molecule has 1 aliphatic carbocycles. The largest absolute Gasteiger partial charge is 0.373 e. The van der Waals surface area contributed by atoms with Gasteiger partial charge in [-0.2, -0.15) is 0 Å². The van der Waals surface area contributed by atoms with Gasteiger partial charge in [0.1, 0.15) is 0 Å². The lowest BCUT2D eigenvalue weighted by Gasteiger charge is -2.19. The number of anilines is 2. The van der Waals surface area contributed by atoms with Crippen LogP contribution in [0.2, 0.25) is 0 Å². The number of carbonyl (C=O) groups is 2. The maximum absolute atomic E-state index is 12.2. The third-order valence-electron chi connectivity index (χ3n) is 3.95. The third-order valence-corrected chi connectivity index (χ3v) is 4.95. The number of carbonyl (C=O) groups excluding carboxylic acids is 2. The highest BCUT2D eigenvalue weighted by Gasteiger charge is 2.29. The van der Waals surface area contributed by atoms with E-state index < -0.39 is 0 Å². The molecule has 0 atom stereocenters. The van der Waals surface area contributed by atoms with Crippen molar-refractivity contribution in [2.75, 3.05) is 30.4 Å². The molecular formula is C18H21N3O2S. The molecule has 0 saturated heterocycles. The lowest BCUT2D eigenvalue weighted by Crippen LogP contribution is -2.32. The molecule has 2 amide bonds. The van der Waals surface area contributed by atoms with Gasteiger partial charge in [-0.1, -0.05) is 18.2 Å². The molecule has 0 aliphatic heterocycles. The second-order valence-corrected chi connectivity index (χ2v) is 7.02. The van der Waals surface area contributed by atoms with E-state index in [1.807, 2.05) is 37.4 Å². The first-order chi connectivity index (χ1) is 11.6. The predicted molar refractivity (Wildman–Crippen MR) is 97.7 cm³/mol. The van der Waals surface area contributed by atoms with Gasteiger partial charge >= 0.3 is 0 Å². The van der Waals surface area contributed by atoms with Gasteiger partial charge in [-0.15, -0.1) is 11.3 Å². The zero-order valence-corrected chi connectivity index (χ0v) is 14.4. The van der Waals surface area contributed by atoms with Crippen LogP contribution in [-0.4, -0.2) is 32.0 Å². The minimum atomic E-state index is -0.103. The fourth-order valence-electron chi connectivity index (χ4n) is 2.33. The van der Waals surface area contributed by atoms with Crippen LogP contribution < -0.4 is 15.5 Å². The lowest BCUT2D eigenvalue weighted by molar-refractivity contribution is -0.117. The van der Waals surface area contributed by atoms with E-state index >= 15 is 0 Å². The molecule has 0 bridgehead atoms. The van der Waals surface area contributed by atoms with Crippen molar-refractivity contribution in [2.24, 2.45) is 5.92 Å². The molecule has 0 spiro atoms. The van der Waals surface area contributed by atoms with E-state index in [0.29, 0.717) is 11.4 Å². The lowest BCUT2D eigenvalue weighted by atomic mass is 10.3. The van der Waals surface area contributed by atoms with Crippen molar-refractivity contribution in [1.82, 2.24) is 5.32 Å². The van der Waals surface area contributed by atoms with Gasteiger partial charge in [0.15, 0.2) is 0 Å². The first-order valence-electron chi connectivity index (χ1n) is 8.08. The number of nitrogens with one attached hydrogen (secondary N) is 2. The van der Waals surface area contributed by atoms with Crippen molar-refractivity contribution in [1.29, 1.82) is 0 Å². The molecule has 1 aromatic carbocycles. The normalized spacial score (nSPS) is 13.4. The van der Waals surface area contributed by atoms with E-state index in [1.165, 1.54) is 11.3 Å². The zero-order valence-electron chi connectivity index (χ0n) is 13.6. The molecule has 2 aromatic rings. The van der Waals surface area contributed by atoms with E-state index in [-0.39, 0.29) is 17.7 Å². The molecule has 0 radical (unpaired) electrons.